The van der Waals surface area contributed by atoms with Gasteiger partial charge in [-0.1, -0.05) is 29.8 Å². The van der Waals surface area contributed by atoms with E-state index in [2.05, 4.69) is 40.9 Å². The number of carbonyl (C=O) groups is 1. The number of Topliss-reactive ketones (excluding diaryl/α,β-unsaturated/α-hetero) is 1. The molecule has 2 nitrogen and oxygen atoms in total. The Morgan fingerprint density at radius 2 is 1.38 bits per heavy atom. The zero-order valence-corrected chi connectivity index (χ0v) is 16.7. The molecule has 0 heterocycles. The number of aryl methyl sites for hydroxylation is 4. The van der Waals surface area contributed by atoms with Crippen molar-refractivity contribution in [2.45, 2.75) is 41.5 Å². The SMILES string of the molecule is C=C(C)c1cc(C)cc(C)c1N.CC(=O)c1cc(C)cc(C)c1P. The summed E-state index contributed by atoms with van der Waals surface area (Å²) in [5, 5.41) is 1.02. The van der Waals surface area contributed by atoms with E-state index < -0.39 is 0 Å². The van der Waals surface area contributed by atoms with E-state index in [1.165, 1.54) is 5.56 Å². The second kappa shape index (κ2) is 8.26. The molecular formula is C21H28NOP. The first-order valence-corrected chi connectivity index (χ1v) is 8.52. The fourth-order valence-corrected chi connectivity index (χ4v) is 2.97. The van der Waals surface area contributed by atoms with Crippen LogP contribution in [0.4, 0.5) is 5.69 Å². The van der Waals surface area contributed by atoms with Gasteiger partial charge in [0.25, 0.3) is 0 Å². The Kier molecular flexibility index (Phi) is 6.93. The second-order valence-corrected chi connectivity index (χ2v) is 7.00. The third kappa shape index (κ3) is 5.04. The molecule has 0 aliphatic heterocycles. The van der Waals surface area contributed by atoms with Crippen LogP contribution in [0.15, 0.2) is 30.8 Å². The highest BCUT2D eigenvalue weighted by Crippen LogP contribution is 2.24. The van der Waals surface area contributed by atoms with Crippen molar-refractivity contribution < 1.29 is 4.79 Å². The number of allylic oxidation sites excluding steroid dienone is 1. The van der Waals surface area contributed by atoms with Gasteiger partial charge < -0.3 is 5.73 Å². The summed E-state index contributed by atoms with van der Waals surface area (Å²) in [4.78, 5) is 11.2. The molecule has 1 unspecified atom stereocenters. The maximum Gasteiger partial charge on any atom is 0.160 e. The van der Waals surface area contributed by atoms with Crippen LogP contribution in [0.1, 0.15) is 52.0 Å². The summed E-state index contributed by atoms with van der Waals surface area (Å²) in [7, 11) is 2.61. The molecule has 3 heteroatoms. The van der Waals surface area contributed by atoms with Crippen LogP contribution in [-0.4, -0.2) is 5.78 Å². The summed E-state index contributed by atoms with van der Waals surface area (Å²) in [5.74, 6) is 0.131. The van der Waals surface area contributed by atoms with Crippen LogP contribution >= 0.6 is 9.24 Å². The number of anilines is 1. The molecule has 2 aromatic rings. The molecule has 0 saturated carbocycles. The van der Waals surface area contributed by atoms with Gasteiger partial charge in [0.05, 0.1) is 0 Å². The first kappa shape index (κ1) is 20.1. The molecule has 0 saturated heterocycles. The molecule has 0 aliphatic carbocycles. The van der Waals surface area contributed by atoms with E-state index in [0.717, 1.165) is 44.4 Å². The summed E-state index contributed by atoms with van der Waals surface area (Å²) in [5.41, 5.74) is 14.3. The van der Waals surface area contributed by atoms with Gasteiger partial charge in [-0.15, -0.1) is 9.24 Å². The Labute approximate surface area is 148 Å². The molecular weight excluding hydrogens is 313 g/mol. The molecule has 2 aromatic carbocycles. The van der Waals surface area contributed by atoms with Gasteiger partial charge in [0, 0.05) is 16.8 Å². The number of hydrogen-bond donors (Lipinski definition) is 1. The van der Waals surface area contributed by atoms with E-state index in [9.17, 15) is 4.79 Å². The largest absolute Gasteiger partial charge is 0.398 e. The van der Waals surface area contributed by atoms with E-state index in [0.29, 0.717) is 0 Å². The fourth-order valence-electron chi connectivity index (χ4n) is 2.60. The van der Waals surface area contributed by atoms with Crippen molar-refractivity contribution in [3.63, 3.8) is 0 Å². The number of carbonyl (C=O) groups excluding carboxylic acids is 1. The quantitative estimate of drug-likeness (QED) is 0.478. The number of ketones is 1. The zero-order chi connectivity index (χ0) is 18.6. The lowest BCUT2D eigenvalue weighted by Gasteiger charge is -2.09. The van der Waals surface area contributed by atoms with Crippen LogP contribution in [0.5, 0.6) is 0 Å². The molecule has 0 fully saturated rings. The van der Waals surface area contributed by atoms with Crippen LogP contribution in [-0.2, 0) is 0 Å². The van der Waals surface area contributed by atoms with E-state index in [1.54, 1.807) is 6.92 Å². The van der Waals surface area contributed by atoms with Gasteiger partial charge in [-0.2, -0.15) is 0 Å². The molecule has 128 valence electrons. The van der Waals surface area contributed by atoms with Crippen molar-refractivity contribution >= 4 is 31.6 Å². The summed E-state index contributed by atoms with van der Waals surface area (Å²) in [6.45, 7) is 15.6. The van der Waals surface area contributed by atoms with Crippen LogP contribution in [0.3, 0.4) is 0 Å². The lowest BCUT2D eigenvalue weighted by atomic mass is 10.0. The average molecular weight is 341 g/mol. The monoisotopic (exact) mass is 341 g/mol. The maximum absolute atomic E-state index is 11.2. The van der Waals surface area contributed by atoms with Crippen LogP contribution in [0, 0.1) is 27.7 Å². The normalized spacial score (nSPS) is 9.96. The van der Waals surface area contributed by atoms with E-state index >= 15 is 0 Å². The molecule has 0 bridgehead atoms. The Bertz CT molecular complexity index is 723. The molecule has 0 aromatic heterocycles. The molecule has 0 aliphatic rings. The summed E-state index contributed by atoms with van der Waals surface area (Å²) < 4.78 is 0. The number of nitrogen functional groups attached to an aromatic ring is 1. The number of rotatable bonds is 2. The van der Waals surface area contributed by atoms with Gasteiger partial charge in [0.1, 0.15) is 0 Å². The topological polar surface area (TPSA) is 43.1 Å². The minimum Gasteiger partial charge on any atom is -0.398 e. The standard InChI is InChI=1S/C11H15N.C10H13OP/c1-7(2)10-6-8(3)5-9(4)11(10)12;1-6-4-7(2)10(12)9(5-6)8(3)11/h5-6H,1,12H2,2-4H3;4-5H,12H2,1-3H3. The fraction of sp³-hybridized carbons (Fsp3) is 0.286. The van der Waals surface area contributed by atoms with Gasteiger partial charge in [-0.05, 0) is 75.7 Å². The highest BCUT2D eigenvalue weighted by molar-refractivity contribution is 7.28. The third-order valence-electron chi connectivity index (χ3n) is 3.90. The van der Waals surface area contributed by atoms with Crippen molar-refractivity contribution in [2.75, 3.05) is 5.73 Å². The summed E-state index contributed by atoms with van der Waals surface area (Å²) in [6, 6.07) is 8.17. The van der Waals surface area contributed by atoms with Gasteiger partial charge in [0.15, 0.2) is 5.78 Å². The first-order chi connectivity index (χ1) is 11.0. The maximum atomic E-state index is 11.2. The number of hydrogen-bond acceptors (Lipinski definition) is 2. The number of benzene rings is 2. The summed E-state index contributed by atoms with van der Waals surface area (Å²) in [6.07, 6.45) is 0. The van der Waals surface area contributed by atoms with Crippen molar-refractivity contribution in [3.05, 3.63) is 64.2 Å². The Morgan fingerprint density at radius 1 is 0.917 bits per heavy atom. The molecule has 24 heavy (non-hydrogen) atoms. The van der Waals surface area contributed by atoms with Gasteiger partial charge >= 0.3 is 0 Å². The van der Waals surface area contributed by atoms with E-state index in [4.69, 9.17) is 5.73 Å². The minimum atomic E-state index is 0.131. The van der Waals surface area contributed by atoms with E-state index in [-0.39, 0.29) is 5.78 Å². The van der Waals surface area contributed by atoms with Crippen LogP contribution < -0.4 is 11.0 Å². The van der Waals surface area contributed by atoms with Gasteiger partial charge in [-0.25, -0.2) is 0 Å². The third-order valence-corrected chi connectivity index (χ3v) is 4.67. The van der Waals surface area contributed by atoms with Gasteiger partial charge in [-0.3, -0.25) is 4.79 Å². The Morgan fingerprint density at radius 3 is 1.83 bits per heavy atom. The van der Waals surface area contributed by atoms with Crippen LogP contribution in [0.25, 0.3) is 5.57 Å². The van der Waals surface area contributed by atoms with Crippen molar-refractivity contribution in [2.24, 2.45) is 0 Å². The summed E-state index contributed by atoms with van der Waals surface area (Å²) >= 11 is 0. The van der Waals surface area contributed by atoms with Gasteiger partial charge in [0.2, 0.25) is 0 Å². The molecule has 2 rings (SSSR count). The molecule has 1 atom stereocenters. The van der Waals surface area contributed by atoms with Crippen molar-refractivity contribution in [1.82, 2.24) is 0 Å². The highest BCUT2D eigenvalue weighted by atomic mass is 31.0. The second-order valence-electron chi connectivity index (χ2n) is 6.42. The average Bonchev–Trinajstić information content (AvgIpc) is 2.46. The van der Waals surface area contributed by atoms with E-state index in [1.807, 2.05) is 33.8 Å². The molecule has 0 radical (unpaired) electrons. The zero-order valence-electron chi connectivity index (χ0n) is 15.6. The molecule has 0 spiro atoms. The predicted octanol–water partition coefficient (Wildman–Crippen LogP) is 4.93. The first-order valence-electron chi connectivity index (χ1n) is 7.94. The predicted molar refractivity (Wildman–Crippen MR) is 110 cm³/mol. The van der Waals surface area contributed by atoms with Crippen LogP contribution in [0.2, 0.25) is 0 Å². The molecule has 2 N–H and O–H groups in total. The Hall–Kier alpha value is -1.92. The lowest BCUT2D eigenvalue weighted by molar-refractivity contribution is 0.101. The Balaban J connectivity index is 0.000000240. The highest BCUT2D eigenvalue weighted by Gasteiger charge is 2.06. The minimum absolute atomic E-state index is 0.131. The smallest absolute Gasteiger partial charge is 0.160 e. The van der Waals surface area contributed by atoms with Crippen molar-refractivity contribution in [3.8, 4) is 0 Å². The number of nitrogens with two attached hydrogens (primary N) is 1. The molecule has 0 amide bonds. The van der Waals surface area contributed by atoms with Crippen molar-refractivity contribution in [1.29, 1.82) is 0 Å². The lowest BCUT2D eigenvalue weighted by Crippen LogP contribution is -2.10.